The number of carbonyl (C=O) groups excluding carboxylic acids is 2. The third-order valence-corrected chi connectivity index (χ3v) is 5.45. The molecule has 0 saturated heterocycles. The number of ether oxygens (including phenoxy) is 2. The lowest BCUT2D eigenvalue weighted by molar-refractivity contribution is -0.111. The largest absolute Gasteiger partial charge is 0.493 e. The molecule has 136 valence electrons. The molecule has 2 amide bonds. The smallest absolute Gasteiger partial charge is 0.251 e. The number of methoxy groups -OCH3 is 2. The summed E-state index contributed by atoms with van der Waals surface area (Å²) < 4.78 is 10.4. The Morgan fingerprint density at radius 2 is 1.96 bits per heavy atom. The molecular formula is C19H20N2O4S. The van der Waals surface area contributed by atoms with Crippen molar-refractivity contribution in [3.63, 3.8) is 0 Å². The maximum Gasteiger partial charge on any atom is 0.251 e. The van der Waals surface area contributed by atoms with Gasteiger partial charge in [0.1, 0.15) is 5.00 Å². The quantitative estimate of drug-likeness (QED) is 0.763. The Hall–Kier alpha value is -2.80. The van der Waals surface area contributed by atoms with Crippen LogP contribution in [0.3, 0.4) is 0 Å². The number of primary amides is 1. The Bertz CT molecular complexity index is 886. The number of nitrogens with two attached hydrogens (primary N) is 1. The minimum absolute atomic E-state index is 0.317. The monoisotopic (exact) mass is 372 g/mol. The van der Waals surface area contributed by atoms with Crippen LogP contribution in [0.5, 0.6) is 11.5 Å². The molecule has 0 aliphatic heterocycles. The van der Waals surface area contributed by atoms with Crippen LogP contribution in [0.25, 0.3) is 6.08 Å². The molecule has 1 aromatic heterocycles. The Morgan fingerprint density at radius 3 is 2.65 bits per heavy atom. The minimum Gasteiger partial charge on any atom is -0.493 e. The molecule has 0 unspecified atom stereocenters. The van der Waals surface area contributed by atoms with Gasteiger partial charge in [0.25, 0.3) is 5.91 Å². The van der Waals surface area contributed by atoms with Crippen molar-refractivity contribution < 1.29 is 19.1 Å². The molecule has 3 N–H and O–H groups in total. The lowest BCUT2D eigenvalue weighted by atomic mass is 10.1. The van der Waals surface area contributed by atoms with Crippen LogP contribution in [0.4, 0.5) is 5.00 Å². The number of amides is 2. The zero-order valence-corrected chi connectivity index (χ0v) is 15.4. The highest BCUT2D eigenvalue weighted by Gasteiger charge is 2.25. The van der Waals surface area contributed by atoms with E-state index in [-0.39, 0.29) is 5.91 Å². The van der Waals surface area contributed by atoms with E-state index < -0.39 is 5.91 Å². The highest BCUT2D eigenvalue weighted by molar-refractivity contribution is 7.17. The van der Waals surface area contributed by atoms with Crippen LogP contribution in [0.1, 0.15) is 32.8 Å². The van der Waals surface area contributed by atoms with Gasteiger partial charge in [-0.05, 0) is 48.6 Å². The topological polar surface area (TPSA) is 90.6 Å². The number of thiophene rings is 1. The second-order valence-electron chi connectivity index (χ2n) is 5.86. The molecule has 7 heteroatoms. The van der Waals surface area contributed by atoms with Crippen LogP contribution >= 0.6 is 11.3 Å². The summed E-state index contributed by atoms with van der Waals surface area (Å²) in [7, 11) is 3.12. The van der Waals surface area contributed by atoms with Crippen LogP contribution in [-0.2, 0) is 17.6 Å². The molecule has 0 saturated carbocycles. The maximum absolute atomic E-state index is 12.3. The van der Waals surface area contributed by atoms with Crippen molar-refractivity contribution in [2.75, 3.05) is 19.5 Å². The van der Waals surface area contributed by atoms with Crippen molar-refractivity contribution in [3.05, 3.63) is 45.8 Å². The summed E-state index contributed by atoms with van der Waals surface area (Å²) in [5.74, 6) is 0.389. The first kappa shape index (κ1) is 18.0. The number of carbonyl (C=O) groups is 2. The van der Waals surface area contributed by atoms with Gasteiger partial charge in [0.2, 0.25) is 5.91 Å². The van der Waals surface area contributed by atoms with Gasteiger partial charge in [-0.3, -0.25) is 9.59 Å². The molecule has 1 aliphatic carbocycles. The second kappa shape index (κ2) is 7.61. The van der Waals surface area contributed by atoms with Crippen molar-refractivity contribution in [2.45, 2.75) is 19.3 Å². The summed E-state index contributed by atoms with van der Waals surface area (Å²) >= 11 is 1.43. The average Bonchev–Trinajstić information content (AvgIpc) is 3.19. The van der Waals surface area contributed by atoms with Crippen molar-refractivity contribution in [1.82, 2.24) is 0 Å². The zero-order valence-electron chi connectivity index (χ0n) is 14.6. The molecule has 0 fully saturated rings. The van der Waals surface area contributed by atoms with E-state index in [0.717, 1.165) is 35.3 Å². The molecule has 0 radical (unpaired) electrons. The average molecular weight is 372 g/mol. The fraction of sp³-hybridized carbons (Fsp3) is 0.263. The van der Waals surface area contributed by atoms with Gasteiger partial charge >= 0.3 is 0 Å². The maximum atomic E-state index is 12.3. The van der Waals surface area contributed by atoms with Crippen molar-refractivity contribution >= 4 is 34.2 Å². The van der Waals surface area contributed by atoms with E-state index in [1.165, 1.54) is 17.4 Å². The van der Waals surface area contributed by atoms with Crippen LogP contribution < -0.4 is 20.5 Å². The molecule has 3 rings (SSSR count). The Labute approximate surface area is 155 Å². The SMILES string of the molecule is COc1ccc(/C=C/C(=O)Nc2sc3c(c2C(N)=O)CCC3)cc1OC. The molecule has 1 aliphatic rings. The number of benzene rings is 1. The van der Waals surface area contributed by atoms with Gasteiger partial charge < -0.3 is 20.5 Å². The summed E-state index contributed by atoms with van der Waals surface area (Å²) in [5, 5.41) is 3.31. The number of aryl methyl sites for hydroxylation is 1. The zero-order chi connectivity index (χ0) is 18.7. The number of hydrogen-bond acceptors (Lipinski definition) is 5. The van der Waals surface area contributed by atoms with Crippen LogP contribution in [-0.4, -0.2) is 26.0 Å². The molecule has 26 heavy (non-hydrogen) atoms. The van der Waals surface area contributed by atoms with Gasteiger partial charge in [0.15, 0.2) is 11.5 Å². The Kier molecular flexibility index (Phi) is 5.27. The molecule has 6 nitrogen and oxygen atoms in total. The van der Waals surface area contributed by atoms with Crippen molar-refractivity contribution in [3.8, 4) is 11.5 Å². The summed E-state index contributed by atoms with van der Waals surface area (Å²) in [4.78, 5) is 25.2. The number of fused-ring (bicyclic) bond motifs is 1. The van der Waals surface area contributed by atoms with E-state index >= 15 is 0 Å². The lowest BCUT2D eigenvalue weighted by Crippen LogP contribution is -2.16. The highest BCUT2D eigenvalue weighted by atomic mass is 32.1. The van der Waals surface area contributed by atoms with Crippen LogP contribution in [0.15, 0.2) is 24.3 Å². The lowest BCUT2D eigenvalue weighted by Gasteiger charge is -2.07. The summed E-state index contributed by atoms with van der Waals surface area (Å²) in [6.45, 7) is 0. The van der Waals surface area contributed by atoms with Gasteiger partial charge in [-0.1, -0.05) is 6.07 Å². The van der Waals surface area contributed by atoms with E-state index in [2.05, 4.69) is 5.32 Å². The number of rotatable bonds is 6. The van der Waals surface area contributed by atoms with Crippen molar-refractivity contribution in [2.24, 2.45) is 5.73 Å². The van der Waals surface area contributed by atoms with Gasteiger partial charge in [-0.25, -0.2) is 0 Å². The molecule has 1 heterocycles. The molecule has 1 aromatic carbocycles. The Balaban J connectivity index is 1.76. The minimum atomic E-state index is -0.497. The molecule has 2 aromatic rings. The van der Waals surface area contributed by atoms with E-state index in [9.17, 15) is 9.59 Å². The summed E-state index contributed by atoms with van der Waals surface area (Å²) in [6.07, 6.45) is 5.87. The van der Waals surface area contributed by atoms with Gasteiger partial charge in [-0.15, -0.1) is 11.3 Å². The third kappa shape index (κ3) is 3.57. The number of anilines is 1. The van der Waals surface area contributed by atoms with Gasteiger partial charge in [0, 0.05) is 11.0 Å². The predicted molar refractivity (Wildman–Crippen MR) is 102 cm³/mol. The highest BCUT2D eigenvalue weighted by Crippen LogP contribution is 2.38. The first-order chi connectivity index (χ1) is 12.5. The molecule has 0 spiro atoms. The number of nitrogens with one attached hydrogen (secondary N) is 1. The standard InChI is InChI=1S/C19H20N2O4S/c1-24-13-8-6-11(10-14(13)25-2)7-9-16(22)21-19-17(18(20)23)12-4-3-5-15(12)26-19/h6-10H,3-5H2,1-2H3,(H2,20,23)(H,21,22)/b9-7+. The third-order valence-electron chi connectivity index (χ3n) is 4.24. The molecule has 0 atom stereocenters. The van der Waals surface area contributed by atoms with E-state index in [0.29, 0.717) is 22.1 Å². The van der Waals surface area contributed by atoms with E-state index in [1.54, 1.807) is 32.4 Å². The molecule has 0 bridgehead atoms. The summed E-state index contributed by atoms with van der Waals surface area (Å²) in [5.41, 5.74) is 7.74. The van der Waals surface area contributed by atoms with Crippen LogP contribution in [0, 0.1) is 0 Å². The first-order valence-corrected chi connectivity index (χ1v) is 9.00. The van der Waals surface area contributed by atoms with Gasteiger partial charge in [-0.2, -0.15) is 0 Å². The van der Waals surface area contributed by atoms with Crippen LogP contribution in [0.2, 0.25) is 0 Å². The first-order valence-electron chi connectivity index (χ1n) is 8.19. The molecular weight excluding hydrogens is 352 g/mol. The second-order valence-corrected chi connectivity index (χ2v) is 6.97. The fourth-order valence-corrected chi connectivity index (χ4v) is 4.33. The predicted octanol–water partition coefficient (Wildman–Crippen LogP) is 3.00. The van der Waals surface area contributed by atoms with Gasteiger partial charge in [0.05, 0.1) is 19.8 Å². The normalized spacial score (nSPS) is 12.8. The Morgan fingerprint density at radius 1 is 1.19 bits per heavy atom. The fourth-order valence-electron chi connectivity index (χ4n) is 3.03. The summed E-state index contributed by atoms with van der Waals surface area (Å²) in [6, 6.07) is 5.36. The van der Waals surface area contributed by atoms with Crippen molar-refractivity contribution in [1.29, 1.82) is 0 Å². The van der Waals surface area contributed by atoms with E-state index in [1.807, 2.05) is 6.07 Å². The number of hydrogen-bond donors (Lipinski definition) is 2. The van der Waals surface area contributed by atoms with E-state index in [4.69, 9.17) is 15.2 Å².